The smallest absolute Gasteiger partial charge is 0.224 e. The van der Waals surface area contributed by atoms with Crippen molar-refractivity contribution in [2.45, 2.75) is 25.3 Å². The van der Waals surface area contributed by atoms with Crippen LogP contribution in [0.3, 0.4) is 0 Å². The number of benzene rings is 2. The Balaban J connectivity index is 1.81. The standard InChI is InChI=1S/C17H20N2O/c18-11-14(17(20)19-15-8-9-15)10-13-6-3-5-12-4-1-2-7-16(12)13/h1-7,14-15H,8-11,18H2,(H,19,20). The lowest BCUT2D eigenvalue weighted by Crippen LogP contribution is -2.37. The number of carbonyl (C=O) groups is 1. The molecule has 1 fully saturated rings. The predicted octanol–water partition coefficient (Wildman–Crippen LogP) is 2.24. The third-order valence-corrected chi connectivity index (χ3v) is 3.93. The van der Waals surface area contributed by atoms with Gasteiger partial charge in [-0.05, 0) is 35.6 Å². The summed E-state index contributed by atoms with van der Waals surface area (Å²) in [5.41, 5.74) is 7.00. The van der Waals surface area contributed by atoms with Crippen molar-refractivity contribution in [3.63, 3.8) is 0 Å². The molecule has 3 heteroatoms. The van der Waals surface area contributed by atoms with E-state index in [1.54, 1.807) is 0 Å². The molecule has 1 saturated carbocycles. The molecule has 1 aliphatic rings. The topological polar surface area (TPSA) is 55.1 Å². The Kier molecular flexibility index (Phi) is 3.70. The van der Waals surface area contributed by atoms with Crippen LogP contribution in [-0.4, -0.2) is 18.5 Å². The van der Waals surface area contributed by atoms with Crippen LogP contribution < -0.4 is 11.1 Å². The van der Waals surface area contributed by atoms with Crippen molar-refractivity contribution < 1.29 is 4.79 Å². The summed E-state index contributed by atoms with van der Waals surface area (Å²) in [7, 11) is 0. The van der Waals surface area contributed by atoms with Crippen LogP contribution in [0, 0.1) is 5.92 Å². The highest BCUT2D eigenvalue weighted by Gasteiger charge is 2.27. The van der Waals surface area contributed by atoms with E-state index in [1.807, 2.05) is 18.2 Å². The molecule has 1 aliphatic carbocycles. The highest BCUT2D eigenvalue weighted by molar-refractivity contribution is 5.87. The number of nitrogens with one attached hydrogen (secondary N) is 1. The van der Waals surface area contributed by atoms with Crippen LogP contribution in [0.5, 0.6) is 0 Å². The lowest BCUT2D eigenvalue weighted by atomic mass is 9.94. The van der Waals surface area contributed by atoms with Crippen molar-refractivity contribution in [3.05, 3.63) is 48.0 Å². The Morgan fingerprint density at radius 3 is 2.70 bits per heavy atom. The zero-order valence-electron chi connectivity index (χ0n) is 11.5. The Bertz CT molecular complexity index is 614. The number of carbonyl (C=O) groups excluding carboxylic acids is 1. The van der Waals surface area contributed by atoms with E-state index in [4.69, 9.17) is 5.73 Å². The first-order chi connectivity index (χ1) is 9.78. The average Bonchev–Trinajstić information content (AvgIpc) is 3.28. The van der Waals surface area contributed by atoms with E-state index in [1.165, 1.54) is 16.3 Å². The fourth-order valence-electron chi connectivity index (χ4n) is 2.57. The van der Waals surface area contributed by atoms with Gasteiger partial charge in [0.25, 0.3) is 0 Å². The number of hydrogen-bond donors (Lipinski definition) is 2. The molecule has 0 bridgehead atoms. The molecule has 3 N–H and O–H groups in total. The van der Waals surface area contributed by atoms with Gasteiger partial charge in [0, 0.05) is 12.6 Å². The lowest BCUT2D eigenvalue weighted by molar-refractivity contribution is -0.124. The number of rotatable bonds is 5. The van der Waals surface area contributed by atoms with E-state index in [2.05, 4.69) is 29.6 Å². The Morgan fingerprint density at radius 2 is 1.95 bits per heavy atom. The van der Waals surface area contributed by atoms with E-state index in [0.717, 1.165) is 12.8 Å². The summed E-state index contributed by atoms with van der Waals surface area (Å²) in [5.74, 6) is -0.0376. The minimum atomic E-state index is -0.138. The van der Waals surface area contributed by atoms with Gasteiger partial charge in [0.15, 0.2) is 0 Å². The quantitative estimate of drug-likeness (QED) is 0.873. The minimum Gasteiger partial charge on any atom is -0.353 e. The molecule has 0 radical (unpaired) electrons. The van der Waals surface area contributed by atoms with Crippen molar-refractivity contribution in [3.8, 4) is 0 Å². The first-order valence-corrected chi connectivity index (χ1v) is 7.25. The number of fused-ring (bicyclic) bond motifs is 1. The summed E-state index contributed by atoms with van der Waals surface area (Å²) < 4.78 is 0. The number of hydrogen-bond acceptors (Lipinski definition) is 2. The second-order valence-electron chi connectivity index (χ2n) is 5.56. The van der Waals surface area contributed by atoms with Crippen molar-refractivity contribution >= 4 is 16.7 Å². The highest BCUT2D eigenvalue weighted by atomic mass is 16.2. The summed E-state index contributed by atoms with van der Waals surface area (Å²) in [5, 5.41) is 5.48. The van der Waals surface area contributed by atoms with Crippen LogP contribution >= 0.6 is 0 Å². The van der Waals surface area contributed by atoms with Gasteiger partial charge in [-0.3, -0.25) is 4.79 Å². The van der Waals surface area contributed by atoms with Crippen LogP contribution in [0.25, 0.3) is 10.8 Å². The third kappa shape index (κ3) is 2.83. The maximum atomic E-state index is 12.2. The molecule has 1 atom stereocenters. The van der Waals surface area contributed by atoms with Gasteiger partial charge < -0.3 is 11.1 Å². The third-order valence-electron chi connectivity index (χ3n) is 3.93. The van der Waals surface area contributed by atoms with Crippen LogP contribution in [0.4, 0.5) is 0 Å². The van der Waals surface area contributed by atoms with Crippen molar-refractivity contribution in [1.29, 1.82) is 0 Å². The van der Waals surface area contributed by atoms with E-state index in [9.17, 15) is 4.79 Å². The van der Waals surface area contributed by atoms with Gasteiger partial charge in [0.05, 0.1) is 5.92 Å². The van der Waals surface area contributed by atoms with E-state index in [0.29, 0.717) is 19.0 Å². The average molecular weight is 268 g/mol. The van der Waals surface area contributed by atoms with Gasteiger partial charge in [-0.1, -0.05) is 42.5 Å². The molecule has 0 heterocycles. The van der Waals surface area contributed by atoms with Gasteiger partial charge in [0.1, 0.15) is 0 Å². The van der Waals surface area contributed by atoms with E-state index in [-0.39, 0.29) is 11.8 Å². The number of nitrogens with two attached hydrogens (primary N) is 1. The zero-order valence-corrected chi connectivity index (χ0v) is 11.5. The first kappa shape index (κ1) is 13.1. The first-order valence-electron chi connectivity index (χ1n) is 7.25. The molecule has 0 saturated heterocycles. The van der Waals surface area contributed by atoms with Crippen LogP contribution in [-0.2, 0) is 11.2 Å². The Hall–Kier alpha value is -1.87. The molecule has 2 aromatic rings. The van der Waals surface area contributed by atoms with Crippen molar-refractivity contribution in [2.24, 2.45) is 11.7 Å². The van der Waals surface area contributed by atoms with Crippen molar-refractivity contribution in [1.82, 2.24) is 5.32 Å². The van der Waals surface area contributed by atoms with Crippen LogP contribution in [0.2, 0.25) is 0 Å². The summed E-state index contributed by atoms with van der Waals surface area (Å²) >= 11 is 0. The SMILES string of the molecule is NCC(Cc1cccc2ccccc12)C(=O)NC1CC1. The largest absolute Gasteiger partial charge is 0.353 e. The summed E-state index contributed by atoms with van der Waals surface area (Å²) in [4.78, 5) is 12.2. The second kappa shape index (κ2) is 5.63. The Labute approximate surface area is 119 Å². The van der Waals surface area contributed by atoms with Gasteiger partial charge in [-0.15, -0.1) is 0 Å². The zero-order chi connectivity index (χ0) is 13.9. The summed E-state index contributed by atoms with van der Waals surface area (Å²) in [6.07, 6.45) is 2.92. The molecule has 0 aliphatic heterocycles. The molecule has 1 unspecified atom stereocenters. The fourth-order valence-corrected chi connectivity index (χ4v) is 2.57. The normalized spacial score (nSPS) is 16.1. The van der Waals surface area contributed by atoms with Gasteiger partial charge in [-0.2, -0.15) is 0 Å². The Morgan fingerprint density at radius 1 is 1.20 bits per heavy atom. The number of amides is 1. The molecule has 20 heavy (non-hydrogen) atoms. The monoisotopic (exact) mass is 268 g/mol. The maximum absolute atomic E-state index is 12.2. The van der Waals surface area contributed by atoms with E-state index < -0.39 is 0 Å². The lowest BCUT2D eigenvalue weighted by Gasteiger charge is -2.16. The maximum Gasteiger partial charge on any atom is 0.224 e. The van der Waals surface area contributed by atoms with E-state index >= 15 is 0 Å². The molecule has 2 aromatic carbocycles. The molecule has 0 aromatic heterocycles. The van der Waals surface area contributed by atoms with Crippen LogP contribution in [0.15, 0.2) is 42.5 Å². The molecule has 3 rings (SSSR count). The highest BCUT2D eigenvalue weighted by Crippen LogP contribution is 2.23. The van der Waals surface area contributed by atoms with Gasteiger partial charge in [0.2, 0.25) is 5.91 Å². The molecule has 1 amide bonds. The van der Waals surface area contributed by atoms with Crippen molar-refractivity contribution in [2.75, 3.05) is 6.54 Å². The molecular weight excluding hydrogens is 248 g/mol. The molecule has 0 spiro atoms. The summed E-state index contributed by atoms with van der Waals surface area (Å²) in [6, 6.07) is 14.9. The van der Waals surface area contributed by atoms with Gasteiger partial charge in [-0.25, -0.2) is 0 Å². The summed E-state index contributed by atoms with van der Waals surface area (Å²) in [6.45, 7) is 0.391. The van der Waals surface area contributed by atoms with Crippen LogP contribution in [0.1, 0.15) is 18.4 Å². The predicted molar refractivity (Wildman–Crippen MR) is 81.4 cm³/mol. The molecular formula is C17H20N2O. The molecule has 104 valence electrons. The fraction of sp³-hybridized carbons (Fsp3) is 0.353. The van der Waals surface area contributed by atoms with Gasteiger partial charge >= 0.3 is 0 Å². The second-order valence-corrected chi connectivity index (χ2v) is 5.56. The minimum absolute atomic E-state index is 0.0999. The molecule has 3 nitrogen and oxygen atoms in total.